The maximum atomic E-state index is 10.7. The Labute approximate surface area is 105 Å². The topological polar surface area (TPSA) is 80.5 Å². The van der Waals surface area contributed by atoms with Gasteiger partial charge in [0.2, 0.25) is 0 Å². The fraction of sp³-hybridized carbons (Fsp3) is 0.727. The van der Waals surface area contributed by atoms with Gasteiger partial charge in [0.15, 0.2) is 5.69 Å². The predicted molar refractivity (Wildman–Crippen MR) is 63.5 cm³/mol. The normalized spacial score (nSPS) is 21.1. The third-order valence-corrected chi connectivity index (χ3v) is 3.20. The number of carbonyl (C=O) groups is 1. The quantitative estimate of drug-likeness (QED) is 0.802. The maximum absolute atomic E-state index is 10.7. The van der Waals surface area contributed by atoms with Gasteiger partial charge in [-0.2, -0.15) is 0 Å². The van der Waals surface area contributed by atoms with Crippen LogP contribution in [0.25, 0.3) is 0 Å². The summed E-state index contributed by atoms with van der Waals surface area (Å²) in [6.07, 6.45) is 4.01. The summed E-state index contributed by atoms with van der Waals surface area (Å²) in [5.41, 5.74) is -0.0107. The van der Waals surface area contributed by atoms with E-state index < -0.39 is 5.97 Å². The second kappa shape index (κ2) is 5.92. The lowest BCUT2D eigenvalue weighted by Gasteiger charge is -2.31. The molecule has 7 nitrogen and oxygen atoms in total. The lowest BCUT2D eigenvalue weighted by Crippen LogP contribution is -2.40. The van der Waals surface area contributed by atoms with Gasteiger partial charge >= 0.3 is 5.97 Å². The Kier molecular flexibility index (Phi) is 4.27. The molecule has 100 valence electrons. The van der Waals surface area contributed by atoms with Crippen LogP contribution in [0.1, 0.15) is 23.3 Å². The van der Waals surface area contributed by atoms with Crippen LogP contribution in [0.4, 0.5) is 0 Å². The van der Waals surface area contributed by atoms with E-state index in [1.807, 2.05) is 0 Å². The molecule has 1 aliphatic rings. The van der Waals surface area contributed by atoms with Crippen LogP contribution in [0.2, 0.25) is 0 Å². The van der Waals surface area contributed by atoms with Gasteiger partial charge in [-0.05, 0) is 19.4 Å². The Morgan fingerprint density at radius 2 is 2.44 bits per heavy atom. The van der Waals surface area contributed by atoms with E-state index in [4.69, 9.17) is 9.84 Å². The number of rotatable bonds is 5. The SMILES string of the molecule is COC1CCCN(CCn2cc(C(=O)O)nn2)C1. The molecule has 1 aromatic rings. The van der Waals surface area contributed by atoms with Crippen LogP contribution in [-0.4, -0.2) is 63.8 Å². The summed E-state index contributed by atoms with van der Waals surface area (Å²) in [7, 11) is 1.74. The van der Waals surface area contributed by atoms with Crippen LogP contribution in [0.3, 0.4) is 0 Å². The van der Waals surface area contributed by atoms with Crippen molar-refractivity contribution in [3.05, 3.63) is 11.9 Å². The molecule has 0 saturated carbocycles. The number of hydrogen-bond acceptors (Lipinski definition) is 5. The molecule has 0 aliphatic carbocycles. The van der Waals surface area contributed by atoms with E-state index in [2.05, 4.69) is 15.2 Å². The Balaban J connectivity index is 1.81. The number of piperidine rings is 1. The number of ether oxygens (including phenoxy) is 1. The summed E-state index contributed by atoms with van der Waals surface area (Å²) in [5.74, 6) is -1.04. The average molecular weight is 254 g/mol. The van der Waals surface area contributed by atoms with Crippen LogP contribution >= 0.6 is 0 Å². The van der Waals surface area contributed by atoms with E-state index in [9.17, 15) is 4.79 Å². The smallest absolute Gasteiger partial charge is 0.358 e. The summed E-state index contributed by atoms with van der Waals surface area (Å²) < 4.78 is 6.92. The second-order valence-corrected chi connectivity index (χ2v) is 4.47. The van der Waals surface area contributed by atoms with Crippen molar-refractivity contribution in [1.82, 2.24) is 19.9 Å². The predicted octanol–water partition coefficient (Wildman–Crippen LogP) is 0.0871. The highest BCUT2D eigenvalue weighted by atomic mass is 16.5. The molecule has 1 saturated heterocycles. The van der Waals surface area contributed by atoms with Crippen molar-refractivity contribution in [2.24, 2.45) is 0 Å². The number of methoxy groups -OCH3 is 1. The zero-order chi connectivity index (χ0) is 13.0. The molecule has 0 bridgehead atoms. The van der Waals surface area contributed by atoms with Crippen molar-refractivity contribution in [1.29, 1.82) is 0 Å². The van der Waals surface area contributed by atoms with Gasteiger partial charge in [0.25, 0.3) is 0 Å². The van der Waals surface area contributed by atoms with Crippen LogP contribution in [-0.2, 0) is 11.3 Å². The highest BCUT2D eigenvalue weighted by Crippen LogP contribution is 2.12. The lowest BCUT2D eigenvalue weighted by molar-refractivity contribution is 0.0299. The largest absolute Gasteiger partial charge is 0.476 e. The molecule has 0 radical (unpaired) electrons. The van der Waals surface area contributed by atoms with Crippen LogP contribution in [0.15, 0.2) is 6.20 Å². The van der Waals surface area contributed by atoms with Gasteiger partial charge < -0.3 is 9.84 Å². The number of aromatic carboxylic acids is 1. The first-order chi connectivity index (χ1) is 8.69. The van der Waals surface area contributed by atoms with Crippen molar-refractivity contribution >= 4 is 5.97 Å². The number of nitrogens with zero attached hydrogens (tertiary/aromatic N) is 4. The molecule has 0 aromatic carbocycles. The first-order valence-electron chi connectivity index (χ1n) is 6.07. The minimum atomic E-state index is -1.04. The van der Waals surface area contributed by atoms with Gasteiger partial charge in [0, 0.05) is 20.2 Å². The Bertz CT molecular complexity index is 407. The van der Waals surface area contributed by atoms with E-state index in [0.717, 1.165) is 32.5 Å². The highest BCUT2D eigenvalue weighted by molar-refractivity contribution is 5.84. The molecular formula is C11H18N4O3. The molecule has 1 unspecified atom stereocenters. The number of hydrogen-bond donors (Lipinski definition) is 1. The number of carboxylic acids is 1. The van der Waals surface area contributed by atoms with E-state index in [1.165, 1.54) is 6.20 Å². The van der Waals surface area contributed by atoms with Crippen molar-refractivity contribution in [2.45, 2.75) is 25.5 Å². The van der Waals surface area contributed by atoms with Crippen molar-refractivity contribution in [3.63, 3.8) is 0 Å². The zero-order valence-electron chi connectivity index (χ0n) is 10.4. The fourth-order valence-corrected chi connectivity index (χ4v) is 2.16. The molecule has 0 spiro atoms. The first kappa shape index (κ1) is 13.0. The van der Waals surface area contributed by atoms with Crippen LogP contribution < -0.4 is 0 Å². The molecule has 1 atom stereocenters. The van der Waals surface area contributed by atoms with Crippen molar-refractivity contribution < 1.29 is 14.6 Å². The molecule has 1 fully saturated rings. The summed E-state index contributed by atoms with van der Waals surface area (Å²) in [6.45, 7) is 3.47. The Morgan fingerprint density at radius 1 is 1.61 bits per heavy atom. The Hall–Kier alpha value is -1.47. The minimum absolute atomic E-state index is 0.0107. The monoisotopic (exact) mass is 254 g/mol. The molecule has 0 amide bonds. The summed E-state index contributed by atoms with van der Waals surface area (Å²) >= 11 is 0. The van der Waals surface area contributed by atoms with Gasteiger partial charge in [-0.1, -0.05) is 5.21 Å². The average Bonchev–Trinajstić information content (AvgIpc) is 2.85. The molecule has 2 heterocycles. The Morgan fingerprint density at radius 3 is 3.11 bits per heavy atom. The van der Waals surface area contributed by atoms with Gasteiger partial charge in [0.1, 0.15) is 0 Å². The van der Waals surface area contributed by atoms with E-state index >= 15 is 0 Å². The van der Waals surface area contributed by atoms with E-state index in [0.29, 0.717) is 12.6 Å². The molecular weight excluding hydrogens is 236 g/mol. The molecule has 2 rings (SSSR count). The number of aromatic nitrogens is 3. The molecule has 18 heavy (non-hydrogen) atoms. The zero-order valence-corrected chi connectivity index (χ0v) is 10.4. The first-order valence-corrected chi connectivity index (χ1v) is 6.07. The molecule has 1 aliphatic heterocycles. The summed E-state index contributed by atoms with van der Waals surface area (Å²) in [6, 6.07) is 0. The summed E-state index contributed by atoms with van der Waals surface area (Å²) in [4.78, 5) is 13.0. The second-order valence-electron chi connectivity index (χ2n) is 4.47. The minimum Gasteiger partial charge on any atom is -0.476 e. The molecule has 1 N–H and O–H groups in total. The van der Waals surface area contributed by atoms with Gasteiger partial charge in [-0.15, -0.1) is 5.10 Å². The van der Waals surface area contributed by atoms with E-state index in [1.54, 1.807) is 11.8 Å². The molecule has 1 aromatic heterocycles. The standard InChI is InChI=1S/C11H18N4O3/c1-18-9-3-2-4-14(7-9)5-6-15-8-10(11(16)17)12-13-15/h8-9H,2-7H2,1H3,(H,16,17). The third-order valence-electron chi connectivity index (χ3n) is 3.20. The highest BCUT2D eigenvalue weighted by Gasteiger charge is 2.19. The van der Waals surface area contributed by atoms with Crippen molar-refractivity contribution in [3.8, 4) is 0 Å². The van der Waals surface area contributed by atoms with Gasteiger partial charge in [-0.3, -0.25) is 9.58 Å². The van der Waals surface area contributed by atoms with Crippen molar-refractivity contribution in [2.75, 3.05) is 26.7 Å². The third kappa shape index (κ3) is 3.27. The van der Waals surface area contributed by atoms with Crippen LogP contribution in [0.5, 0.6) is 0 Å². The number of carboxylic acid groups (broad SMARTS) is 1. The fourth-order valence-electron chi connectivity index (χ4n) is 2.16. The van der Waals surface area contributed by atoms with Gasteiger partial charge in [0.05, 0.1) is 18.8 Å². The lowest BCUT2D eigenvalue weighted by atomic mass is 10.1. The number of likely N-dealkylation sites (tertiary alicyclic amines) is 1. The van der Waals surface area contributed by atoms with E-state index in [-0.39, 0.29) is 5.69 Å². The van der Waals surface area contributed by atoms with Gasteiger partial charge in [-0.25, -0.2) is 4.79 Å². The van der Waals surface area contributed by atoms with Crippen LogP contribution in [0, 0.1) is 0 Å². The molecule has 7 heteroatoms. The summed E-state index contributed by atoms with van der Waals surface area (Å²) in [5, 5.41) is 16.1. The maximum Gasteiger partial charge on any atom is 0.358 e.